The van der Waals surface area contributed by atoms with E-state index in [-0.39, 0.29) is 5.78 Å². The topological polar surface area (TPSA) is 55.0 Å². The molecule has 0 aliphatic heterocycles. The highest BCUT2D eigenvalue weighted by molar-refractivity contribution is 9.10. The molecule has 3 rings (SSSR count). The summed E-state index contributed by atoms with van der Waals surface area (Å²) in [5.41, 5.74) is 2.34. The minimum atomic E-state index is 0.0614. The van der Waals surface area contributed by atoms with Gasteiger partial charge in [-0.15, -0.1) is 0 Å². The number of ether oxygens (including phenoxy) is 1. The average molecular weight is 345 g/mol. The van der Waals surface area contributed by atoms with Crippen LogP contribution in [0.2, 0.25) is 0 Å². The fraction of sp³-hybridized carbons (Fsp3) is 0.125. The molecule has 0 fully saturated rings. The van der Waals surface area contributed by atoms with Crippen LogP contribution in [0, 0.1) is 0 Å². The lowest BCUT2D eigenvalue weighted by Crippen LogP contribution is -2.02. The number of rotatable bonds is 4. The summed E-state index contributed by atoms with van der Waals surface area (Å²) in [6.07, 6.45) is 3.77. The van der Waals surface area contributed by atoms with Crippen molar-refractivity contribution in [2.75, 3.05) is 7.11 Å². The van der Waals surface area contributed by atoms with E-state index in [1.807, 2.05) is 30.3 Å². The van der Waals surface area contributed by atoms with Crippen LogP contribution in [0.3, 0.4) is 0 Å². The third-order valence-electron chi connectivity index (χ3n) is 3.32. The SMILES string of the molecule is COc1ccc(CC(=O)c2c[nH]c3ncc(Br)cc23)cc1. The molecule has 2 heterocycles. The summed E-state index contributed by atoms with van der Waals surface area (Å²) in [5, 5.41) is 0.836. The third-order valence-corrected chi connectivity index (χ3v) is 3.76. The maximum atomic E-state index is 12.5. The first-order chi connectivity index (χ1) is 10.2. The minimum Gasteiger partial charge on any atom is -0.497 e. The number of H-pyrrole nitrogens is 1. The number of nitrogens with one attached hydrogen (secondary N) is 1. The summed E-state index contributed by atoms with van der Waals surface area (Å²) >= 11 is 3.38. The van der Waals surface area contributed by atoms with Gasteiger partial charge < -0.3 is 9.72 Å². The van der Waals surface area contributed by atoms with Gasteiger partial charge in [0.05, 0.1) is 7.11 Å². The van der Waals surface area contributed by atoms with Gasteiger partial charge in [0.2, 0.25) is 0 Å². The maximum absolute atomic E-state index is 12.5. The van der Waals surface area contributed by atoms with E-state index < -0.39 is 0 Å². The number of fused-ring (bicyclic) bond motifs is 1. The van der Waals surface area contributed by atoms with E-state index >= 15 is 0 Å². The van der Waals surface area contributed by atoms with Crippen LogP contribution >= 0.6 is 15.9 Å². The normalized spacial score (nSPS) is 10.8. The van der Waals surface area contributed by atoms with Crippen LogP contribution < -0.4 is 4.74 Å². The second-order valence-corrected chi connectivity index (χ2v) is 5.62. The number of carbonyl (C=O) groups excluding carboxylic acids is 1. The molecule has 0 aliphatic carbocycles. The van der Waals surface area contributed by atoms with Crippen LogP contribution in [0.1, 0.15) is 15.9 Å². The Labute approximate surface area is 130 Å². The van der Waals surface area contributed by atoms with Crippen molar-refractivity contribution >= 4 is 32.7 Å². The van der Waals surface area contributed by atoms with Crippen molar-refractivity contribution in [3.05, 3.63) is 58.3 Å². The Hall–Kier alpha value is -2.14. The van der Waals surface area contributed by atoms with Crippen LogP contribution in [0.4, 0.5) is 0 Å². The predicted molar refractivity (Wildman–Crippen MR) is 84.8 cm³/mol. The summed E-state index contributed by atoms with van der Waals surface area (Å²) in [6.45, 7) is 0. The van der Waals surface area contributed by atoms with Crippen molar-refractivity contribution in [1.82, 2.24) is 9.97 Å². The zero-order valence-electron chi connectivity index (χ0n) is 11.4. The molecule has 1 aromatic carbocycles. The number of pyridine rings is 1. The van der Waals surface area contributed by atoms with Gasteiger partial charge in [-0.25, -0.2) is 4.98 Å². The zero-order valence-corrected chi connectivity index (χ0v) is 13.0. The highest BCUT2D eigenvalue weighted by Crippen LogP contribution is 2.22. The highest BCUT2D eigenvalue weighted by Gasteiger charge is 2.13. The lowest BCUT2D eigenvalue weighted by atomic mass is 10.0. The van der Waals surface area contributed by atoms with E-state index in [1.54, 1.807) is 19.5 Å². The fourth-order valence-corrected chi connectivity index (χ4v) is 2.56. The third kappa shape index (κ3) is 2.83. The molecule has 21 heavy (non-hydrogen) atoms. The van der Waals surface area contributed by atoms with Gasteiger partial charge in [-0.3, -0.25) is 4.79 Å². The molecule has 0 saturated heterocycles. The van der Waals surface area contributed by atoms with Gasteiger partial charge in [0.25, 0.3) is 0 Å². The van der Waals surface area contributed by atoms with Gasteiger partial charge in [0, 0.05) is 34.2 Å². The van der Waals surface area contributed by atoms with Crippen molar-refractivity contribution in [1.29, 1.82) is 0 Å². The van der Waals surface area contributed by atoms with Gasteiger partial charge in [0.1, 0.15) is 11.4 Å². The molecule has 3 aromatic rings. The molecule has 0 bridgehead atoms. The number of halogens is 1. The summed E-state index contributed by atoms with van der Waals surface area (Å²) < 4.78 is 5.97. The average Bonchev–Trinajstić information content (AvgIpc) is 2.91. The molecule has 0 aliphatic rings. The summed E-state index contributed by atoms with van der Waals surface area (Å²) in [4.78, 5) is 19.7. The molecule has 0 amide bonds. The second kappa shape index (κ2) is 5.69. The van der Waals surface area contributed by atoms with E-state index in [0.29, 0.717) is 12.0 Å². The summed E-state index contributed by atoms with van der Waals surface area (Å²) in [7, 11) is 1.62. The van der Waals surface area contributed by atoms with Gasteiger partial charge in [-0.05, 0) is 39.7 Å². The molecular formula is C16H13BrN2O2. The smallest absolute Gasteiger partial charge is 0.169 e. The Kier molecular flexibility index (Phi) is 3.75. The van der Waals surface area contributed by atoms with Crippen molar-refractivity contribution in [3.63, 3.8) is 0 Å². The van der Waals surface area contributed by atoms with E-state index in [0.717, 1.165) is 26.8 Å². The maximum Gasteiger partial charge on any atom is 0.169 e. The Morgan fingerprint density at radius 1 is 1.33 bits per heavy atom. The van der Waals surface area contributed by atoms with Crippen LogP contribution in [0.15, 0.2) is 47.2 Å². The molecule has 2 aromatic heterocycles. The number of nitrogens with zero attached hydrogens (tertiary/aromatic N) is 1. The second-order valence-electron chi connectivity index (χ2n) is 4.70. The summed E-state index contributed by atoms with van der Waals surface area (Å²) in [5.74, 6) is 0.845. The Morgan fingerprint density at radius 3 is 2.81 bits per heavy atom. The molecule has 5 heteroatoms. The number of aromatic amines is 1. The first kappa shape index (κ1) is 13.8. The molecule has 106 valence electrons. The number of ketones is 1. The summed E-state index contributed by atoms with van der Waals surface area (Å²) in [6, 6.07) is 9.42. The highest BCUT2D eigenvalue weighted by atomic mass is 79.9. The quantitative estimate of drug-likeness (QED) is 0.733. The predicted octanol–water partition coefficient (Wildman–Crippen LogP) is 3.76. The van der Waals surface area contributed by atoms with Gasteiger partial charge in [-0.2, -0.15) is 0 Å². The lowest BCUT2D eigenvalue weighted by Gasteiger charge is -2.03. The molecule has 1 N–H and O–H groups in total. The van der Waals surface area contributed by atoms with E-state index in [4.69, 9.17) is 4.74 Å². The van der Waals surface area contributed by atoms with Gasteiger partial charge in [-0.1, -0.05) is 12.1 Å². The van der Waals surface area contributed by atoms with Crippen molar-refractivity contribution in [2.24, 2.45) is 0 Å². The van der Waals surface area contributed by atoms with Crippen molar-refractivity contribution < 1.29 is 9.53 Å². The molecular weight excluding hydrogens is 332 g/mol. The number of aromatic nitrogens is 2. The first-order valence-corrected chi connectivity index (χ1v) is 7.25. The molecule has 4 nitrogen and oxygen atoms in total. The van der Waals surface area contributed by atoms with E-state index in [9.17, 15) is 4.79 Å². The number of hydrogen-bond acceptors (Lipinski definition) is 3. The monoisotopic (exact) mass is 344 g/mol. The van der Waals surface area contributed by atoms with Gasteiger partial charge in [0.15, 0.2) is 5.78 Å². The largest absolute Gasteiger partial charge is 0.497 e. The van der Waals surface area contributed by atoms with Crippen molar-refractivity contribution in [2.45, 2.75) is 6.42 Å². The standard InChI is InChI=1S/C16H13BrN2O2/c1-21-12-4-2-10(3-5-12)6-15(20)14-9-19-16-13(14)7-11(17)8-18-16/h2-5,7-9H,6H2,1H3,(H,18,19). The molecule has 0 spiro atoms. The molecule has 0 saturated carbocycles. The zero-order chi connectivity index (χ0) is 14.8. The molecule has 0 radical (unpaired) electrons. The Balaban J connectivity index is 1.87. The fourth-order valence-electron chi connectivity index (χ4n) is 2.23. The lowest BCUT2D eigenvalue weighted by molar-refractivity contribution is 0.0994. The van der Waals surface area contributed by atoms with Crippen LogP contribution in [0.25, 0.3) is 11.0 Å². The molecule has 0 atom stereocenters. The number of hydrogen-bond donors (Lipinski definition) is 1. The Bertz CT molecular complexity index is 794. The van der Waals surface area contributed by atoms with Gasteiger partial charge >= 0.3 is 0 Å². The minimum absolute atomic E-state index is 0.0614. The molecule has 0 unspecified atom stereocenters. The van der Waals surface area contributed by atoms with Crippen LogP contribution in [-0.2, 0) is 6.42 Å². The number of benzene rings is 1. The first-order valence-electron chi connectivity index (χ1n) is 6.46. The Morgan fingerprint density at radius 2 is 2.10 bits per heavy atom. The van der Waals surface area contributed by atoms with Crippen LogP contribution in [-0.4, -0.2) is 22.9 Å². The van der Waals surface area contributed by atoms with E-state index in [1.165, 1.54) is 0 Å². The van der Waals surface area contributed by atoms with Crippen LogP contribution in [0.5, 0.6) is 5.75 Å². The van der Waals surface area contributed by atoms with E-state index in [2.05, 4.69) is 25.9 Å². The number of Topliss-reactive ketones (excluding diaryl/α,β-unsaturated/α-hetero) is 1. The number of carbonyl (C=O) groups is 1. The van der Waals surface area contributed by atoms with Crippen molar-refractivity contribution in [3.8, 4) is 5.75 Å². The number of methoxy groups -OCH3 is 1.